The molecule has 6 heteroatoms. The van der Waals surface area contributed by atoms with E-state index < -0.39 is 0 Å². The topological polar surface area (TPSA) is 55.1 Å². The molecule has 0 saturated carbocycles. The summed E-state index contributed by atoms with van der Waals surface area (Å²) in [6, 6.07) is 61.0. The van der Waals surface area contributed by atoms with Gasteiger partial charge in [0, 0.05) is 52.9 Å². The number of hydrogen-bond acceptors (Lipinski definition) is 6. The van der Waals surface area contributed by atoms with Crippen LogP contribution in [0.2, 0.25) is 0 Å². The van der Waals surface area contributed by atoms with E-state index in [4.69, 9.17) is 19.4 Å². The normalized spacial score (nSPS) is 14.3. The van der Waals surface area contributed by atoms with Gasteiger partial charge in [0.25, 0.3) is 0 Å². The second-order valence-corrected chi connectivity index (χ2v) is 19.1. The molecule has 0 bridgehead atoms. The maximum Gasteiger partial charge on any atom is 0.238 e. The van der Waals surface area contributed by atoms with Crippen LogP contribution in [0.15, 0.2) is 174 Å². The van der Waals surface area contributed by atoms with E-state index in [9.17, 15) is 0 Å². The van der Waals surface area contributed by atoms with Crippen LogP contribution in [0.1, 0.15) is 49.9 Å². The molecule has 0 unspecified atom stereocenters. The number of hydrogen-bond donors (Lipinski definition) is 0. The van der Waals surface area contributed by atoms with Crippen LogP contribution in [0.5, 0.6) is 0 Å². The molecule has 0 N–H and O–H groups in total. The number of benzene rings is 8. The summed E-state index contributed by atoms with van der Waals surface area (Å²) in [7, 11) is 0. The lowest BCUT2D eigenvalue weighted by molar-refractivity contribution is 0.660. The molecule has 0 amide bonds. The van der Waals surface area contributed by atoms with E-state index in [1.165, 1.54) is 59.3 Å². The summed E-state index contributed by atoms with van der Waals surface area (Å²) in [5.41, 5.74) is 15.4. The van der Waals surface area contributed by atoms with E-state index in [1.54, 1.807) is 11.3 Å². The number of aromatic nitrogens is 3. The van der Waals surface area contributed by atoms with Crippen LogP contribution >= 0.6 is 11.3 Å². The molecule has 8 aromatic carbocycles. The van der Waals surface area contributed by atoms with E-state index >= 15 is 0 Å². The van der Waals surface area contributed by atoms with Crippen molar-refractivity contribution in [2.45, 2.75) is 38.5 Å². The first-order valence-electron chi connectivity index (χ1n) is 21.6. The second-order valence-electron chi connectivity index (χ2n) is 18.0. The molecule has 0 fully saturated rings. The number of furan rings is 1. The van der Waals surface area contributed by atoms with Crippen LogP contribution in [0.4, 0.5) is 17.3 Å². The Morgan fingerprint density at radius 2 is 1.05 bits per heavy atom. The zero-order valence-electron chi connectivity index (χ0n) is 35.3. The summed E-state index contributed by atoms with van der Waals surface area (Å²) in [5.74, 6) is 1.77. The molecule has 0 saturated heterocycles. The Morgan fingerprint density at radius 1 is 0.444 bits per heavy atom. The van der Waals surface area contributed by atoms with Gasteiger partial charge in [-0.2, -0.15) is 9.97 Å². The van der Waals surface area contributed by atoms with Crippen LogP contribution in [0.25, 0.3) is 87.1 Å². The predicted octanol–water partition coefficient (Wildman–Crippen LogP) is 15.6. The van der Waals surface area contributed by atoms with Gasteiger partial charge in [-0.1, -0.05) is 143 Å². The van der Waals surface area contributed by atoms with Gasteiger partial charge < -0.3 is 4.42 Å². The first-order chi connectivity index (χ1) is 30.7. The summed E-state index contributed by atoms with van der Waals surface area (Å²) in [4.78, 5) is 18.7. The number of thiophene rings is 1. The molecule has 0 atom stereocenters. The highest BCUT2D eigenvalue weighted by molar-refractivity contribution is 7.26. The van der Waals surface area contributed by atoms with E-state index in [-0.39, 0.29) is 10.8 Å². The lowest BCUT2D eigenvalue weighted by Gasteiger charge is -2.25. The quantitative estimate of drug-likeness (QED) is 0.173. The van der Waals surface area contributed by atoms with Crippen LogP contribution in [-0.4, -0.2) is 15.0 Å². The molecule has 2 aliphatic carbocycles. The molecule has 0 aliphatic heterocycles. The molecule has 5 nitrogen and oxygen atoms in total. The van der Waals surface area contributed by atoms with Gasteiger partial charge in [-0.05, 0) is 99.1 Å². The van der Waals surface area contributed by atoms with Gasteiger partial charge in [-0.15, -0.1) is 11.3 Å². The molecule has 2 aliphatic rings. The molecule has 0 radical (unpaired) electrons. The van der Waals surface area contributed by atoms with Crippen molar-refractivity contribution in [2.75, 3.05) is 4.90 Å². The highest BCUT2D eigenvalue weighted by Gasteiger charge is 2.37. The van der Waals surface area contributed by atoms with Gasteiger partial charge in [0.15, 0.2) is 11.6 Å². The summed E-state index contributed by atoms with van der Waals surface area (Å²) in [6.07, 6.45) is 0. The standard InChI is InChI=1S/C57H40N4OS/c1-56(2)44-19-10-6-15-37(44)41-30-33(25-28-45(41)56)53-58-54(34-24-27-38-36-14-5-9-18-43(36)57(3,4)46(38)31-34)60-55(59-53)61(35-26-29-49-42(32-35)39-16-7-11-21-48(39)62-49)47-20-13-23-51-52(47)40-17-8-12-22-50(40)63-51/h5-32H,1-4H3. The third-order valence-electron chi connectivity index (χ3n) is 13.7. The molecule has 300 valence electrons. The van der Waals surface area contributed by atoms with Crippen molar-refractivity contribution in [2.24, 2.45) is 0 Å². The van der Waals surface area contributed by atoms with Crippen molar-refractivity contribution in [3.63, 3.8) is 0 Å². The van der Waals surface area contributed by atoms with Crippen molar-refractivity contribution in [3.8, 4) is 45.0 Å². The SMILES string of the molecule is CC1(C)c2ccccc2-c2cc(-c3nc(-c4ccc5c(c4)C(C)(C)c4ccccc4-5)nc(N(c4ccc5oc6ccccc6c5c4)c4cccc5sc6ccccc6c45)n3)ccc21. The lowest BCUT2D eigenvalue weighted by atomic mass is 9.82. The molecular weight excluding hydrogens is 789 g/mol. The van der Waals surface area contributed by atoms with Crippen molar-refractivity contribution < 1.29 is 4.42 Å². The Morgan fingerprint density at radius 3 is 1.86 bits per heavy atom. The fourth-order valence-corrected chi connectivity index (χ4v) is 11.7. The third-order valence-corrected chi connectivity index (χ3v) is 14.9. The zero-order chi connectivity index (χ0) is 42.2. The minimum Gasteiger partial charge on any atom is -0.456 e. The summed E-state index contributed by atoms with van der Waals surface area (Å²) in [5, 5.41) is 4.45. The maximum absolute atomic E-state index is 6.36. The number of fused-ring (bicyclic) bond motifs is 12. The highest BCUT2D eigenvalue weighted by Crippen LogP contribution is 2.52. The molecule has 3 heterocycles. The Kier molecular flexibility index (Phi) is 7.51. The van der Waals surface area contributed by atoms with Crippen molar-refractivity contribution in [3.05, 3.63) is 192 Å². The molecule has 0 spiro atoms. The number of para-hydroxylation sites is 1. The third kappa shape index (κ3) is 5.25. The van der Waals surface area contributed by atoms with Crippen LogP contribution in [0, 0.1) is 0 Å². The fraction of sp³-hybridized carbons (Fsp3) is 0.105. The first kappa shape index (κ1) is 36.3. The molecule has 13 rings (SSSR count). The molecule has 3 aromatic heterocycles. The van der Waals surface area contributed by atoms with Crippen molar-refractivity contribution in [1.82, 2.24) is 15.0 Å². The van der Waals surface area contributed by atoms with Gasteiger partial charge in [0.1, 0.15) is 11.2 Å². The van der Waals surface area contributed by atoms with Gasteiger partial charge in [0.05, 0.1) is 11.4 Å². The number of anilines is 3. The van der Waals surface area contributed by atoms with Gasteiger partial charge in [-0.3, -0.25) is 4.90 Å². The minimum atomic E-state index is -0.189. The number of nitrogens with zero attached hydrogens (tertiary/aromatic N) is 4. The lowest BCUT2D eigenvalue weighted by Crippen LogP contribution is -2.16. The molecule has 63 heavy (non-hydrogen) atoms. The largest absolute Gasteiger partial charge is 0.456 e. The fourth-order valence-electron chi connectivity index (χ4n) is 10.6. The van der Waals surface area contributed by atoms with Crippen molar-refractivity contribution in [1.29, 1.82) is 0 Å². The second kappa shape index (κ2) is 13.1. The Balaban J connectivity index is 1.09. The summed E-state index contributed by atoms with van der Waals surface area (Å²) < 4.78 is 8.79. The van der Waals surface area contributed by atoms with E-state index in [2.05, 4.69) is 190 Å². The minimum absolute atomic E-state index is 0.122. The highest BCUT2D eigenvalue weighted by atomic mass is 32.1. The number of rotatable bonds is 5. The predicted molar refractivity (Wildman–Crippen MR) is 261 cm³/mol. The van der Waals surface area contributed by atoms with Crippen LogP contribution < -0.4 is 4.90 Å². The monoisotopic (exact) mass is 828 g/mol. The molecular formula is C57H40N4OS. The van der Waals surface area contributed by atoms with Crippen molar-refractivity contribution >= 4 is 70.8 Å². The van der Waals surface area contributed by atoms with E-state index in [0.29, 0.717) is 17.6 Å². The first-order valence-corrected chi connectivity index (χ1v) is 22.4. The Bertz CT molecular complexity index is 3720. The Hall–Kier alpha value is -7.41. The summed E-state index contributed by atoms with van der Waals surface area (Å²) in [6.45, 7) is 9.27. The zero-order valence-corrected chi connectivity index (χ0v) is 36.1. The van der Waals surface area contributed by atoms with E-state index in [0.717, 1.165) is 49.8 Å². The molecule has 11 aromatic rings. The Labute approximate surface area is 369 Å². The van der Waals surface area contributed by atoms with Gasteiger partial charge in [0.2, 0.25) is 5.95 Å². The smallest absolute Gasteiger partial charge is 0.238 e. The average Bonchev–Trinajstić information content (AvgIpc) is 4.02. The maximum atomic E-state index is 6.36. The van der Waals surface area contributed by atoms with Crippen LogP contribution in [0.3, 0.4) is 0 Å². The summed E-state index contributed by atoms with van der Waals surface area (Å²) >= 11 is 1.81. The average molecular weight is 829 g/mol. The van der Waals surface area contributed by atoms with Gasteiger partial charge >= 0.3 is 0 Å². The van der Waals surface area contributed by atoms with Crippen LogP contribution in [-0.2, 0) is 10.8 Å². The van der Waals surface area contributed by atoms with E-state index in [1.807, 2.05) is 12.1 Å². The van der Waals surface area contributed by atoms with Gasteiger partial charge in [-0.25, -0.2) is 4.98 Å².